The maximum absolute atomic E-state index is 14.9. The topological polar surface area (TPSA) is 52.7 Å². The summed E-state index contributed by atoms with van der Waals surface area (Å²) in [4.78, 5) is 20.8. The first kappa shape index (κ1) is 17.3. The van der Waals surface area contributed by atoms with E-state index in [1.807, 2.05) is 60.1 Å². The van der Waals surface area contributed by atoms with Gasteiger partial charge in [-0.1, -0.05) is 30.3 Å². The van der Waals surface area contributed by atoms with E-state index >= 15 is 0 Å². The molecule has 3 aromatic carbocycles. The van der Waals surface area contributed by atoms with Crippen LogP contribution in [0.5, 0.6) is 0 Å². The molecule has 0 unspecified atom stereocenters. The summed E-state index contributed by atoms with van der Waals surface area (Å²) >= 11 is 0. The number of imidazole rings is 1. The third-order valence-corrected chi connectivity index (χ3v) is 5.19. The molecule has 6 heteroatoms. The van der Waals surface area contributed by atoms with Gasteiger partial charge < -0.3 is 9.13 Å². The predicted molar refractivity (Wildman–Crippen MR) is 111 cm³/mol. The summed E-state index contributed by atoms with van der Waals surface area (Å²) in [5.74, 6) is -0.347. The number of rotatable bonds is 3. The number of hydrogen-bond acceptors (Lipinski definition) is 3. The van der Waals surface area contributed by atoms with E-state index in [0.29, 0.717) is 16.6 Å². The van der Waals surface area contributed by atoms with Gasteiger partial charge in [-0.3, -0.25) is 4.79 Å². The monoisotopic (exact) mass is 384 g/mol. The lowest BCUT2D eigenvalue weighted by Gasteiger charge is -2.11. The van der Waals surface area contributed by atoms with Gasteiger partial charge in [0.1, 0.15) is 5.82 Å². The lowest BCUT2D eigenvalue weighted by Crippen LogP contribution is -2.21. The number of aryl methyl sites for hydroxylation is 1. The molecule has 0 spiro atoms. The summed E-state index contributed by atoms with van der Waals surface area (Å²) in [6.45, 7) is 0.148. The first-order valence-electron chi connectivity index (χ1n) is 9.24. The zero-order valence-electron chi connectivity index (χ0n) is 15.7. The van der Waals surface area contributed by atoms with Gasteiger partial charge in [0, 0.05) is 12.6 Å². The normalized spacial score (nSPS) is 11.4. The second kappa shape index (κ2) is 6.67. The van der Waals surface area contributed by atoms with Crippen LogP contribution in [0.15, 0.2) is 78.0 Å². The maximum Gasteiger partial charge on any atom is 0.269 e. The van der Waals surface area contributed by atoms with Crippen molar-refractivity contribution in [3.8, 4) is 11.1 Å². The van der Waals surface area contributed by atoms with Gasteiger partial charge in [-0.25, -0.2) is 14.4 Å². The van der Waals surface area contributed by atoms with Crippen molar-refractivity contribution in [1.82, 2.24) is 19.1 Å². The van der Waals surface area contributed by atoms with Crippen molar-refractivity contribution in [3.05, 3.63) is 94.9 Å². The minimum atomic E-state index is -0.347. The fourth-order valence-corrected chi connectivity index (χ4v) is 3.61. The second-order valence-corrected chi connectivity index (χ2v) is 7.04. The molecule has 0 N–H and O–H groups in total. The molecule has 2 aromatic heterocycles. The molecule has 0 fully saturated rings. The Hall–Kier alpha value is -3.80. The highest BCUT2D eigenvalue weighted by Crippen LogP contribution is 2.26. The number of hydrogen-bond donors (Lipinski definition) is 0. The Kier molecular flexibility index (Phi) is 3.98. The minimum absolute atomic E-state index is 0.148. The Labute approximate surface area is 165 Å². The van der Waals surface area contributed by atoms with Crippen LogP contribution in [-0.2, 0) is 13.6 Å². The highest BCUT2D eigenvalue weighted by Gasteiger charge is 2.10. The van der Waals surface area contributed by atoms with E-state index in [0.717, 1.165) is 22.2 Å². The van der Waals surface area contributed by atoms with Crippen LogP contribution < -0.4 is 5.56 Å². The molecular weight excluding hydrogens is 367 g/mol. The molecule has 0 aliphatic heterocycles. The Morgan fingerprint density at radius 2 is 1.66 bits per heavy atom. The van der Waals surface area contributed by atoms with E-state index < -0.39 is 0 Å². The quantitative estimate of drug-likeness (QED) is 0.470. The van der Waals surface area contributed by atoms with Crippen LogP contribution in [0.2, 0.25) is 0 Å². The highest BCUT2D eigenvalue weighted by molar-refractivity contribution is 5.82. The lowest BCUT2D eigenvalue weighted by atomic mass is 10.0. The summed E-state index contributed by atoms with van der Waals surface area (Å²) in [5, 5.41) is 0. The Balaban J connectivity index is 1.54. The Morgan fingerprint density at radius 3 is 2.52 bits per heavy atom. The molecule has 5 rings (SSSR count). The summed E-state index contributed by atoms with van der Waals surface area (Å²) in [7, 11) is 1.93. The zero-order valence-corrected chi connectivity index (χ0v) is 15.7. The second-order valence-electron chi connectivity index (χ2n) is 7.04. The molecule has 5 nitrogen and oxygen atoms in total. The summed E-state index contributed by atoms with van der Waals surface area (Å²) in [6, 6.07) is 18.3. The fourth-order valence-electron chi connectivity index (χ4n) is 3.61. The number of halogens is 1. The predicted octanol–water partition coefficient (Wildman–Crippen LogP) is 4.14. The molecule has 142 valence electrons. The third-order valence-electron chi connectivity index (χ3n) is 5.19. The van der Waals surface area contributed by atoms with Crippen LogP contribution in [0.25, 0.3) is 33.2 Å². The molecule has 0 aliphatic rings. The molecule has 0 atom stereocenters. The van der Waals surface area contributed by atoms with Crippen molar-refractivity contribution in [2.24, 2.45) is 7.05 Å². The maximum atomic E-state index is 14.9. The Bertz CT molecular complexity index is 1430. The Morgan fingerprint density at radius 1 is 0.897 bits per heavy atom. The molecule has 0 radical (unpaired) electrons. The number of fused-ring (bicyclic) bond motifs is 2. The van der Waals surface area contributed by atoms with Crippen molar-refractivity contribution in [3.63, 3.8) is 0 Å². The molecule has 0 saturated heterocycles. The zero-order chi connectivity index (χ0) is 20.0. The van der Waals surface area contributed by atoms with E-state index in [4.69, 9.17) is 0 Å². The number of nitrogens with zero attached hydrogens (tertiary/aromatic N) is 4. The molecule has 5 aromatic rings. The van der Waals surface area contributed by atoms with Crippen molar-refractivity contribution < 1.29 is 4.39 Å². The first-order valence-corrected chi connectivity index (χ1v) is 9.24. The molecule has 0 amide bonds. The van der Waals surface area contributed by atoms with Crippen molar-refractivity contribution in [1.29, 1.82) is 0 Å². The lowest BCUT2D eigenvalue weighted by molar-refractivity contribution is 0.599. The molecule has 0 aliphatic carbocycles. The fraction of sp³-hybridized carbons (Fsp3) is 0.0870. The molecular formula is C23H17FN4O. The van der Waals surface area contributed by atoms with Gasteiger partial charge in [0.05, 0.1) is 41.1 Å². The van der Waals surface area contributed by atoms with Crippen LogP contribution in [0.4, 0.5) is 4.39 Å². The van der Waals surface area contributed by atoms with Crippen LogP contribution in [0.1, 0.15) is 5.56 Å². The summed E-state index contributed by atoms with van der Waals surface area (Å²) in [5.41, 5.74) is 5.17. The number of para-hydroxylation sites is 2. The number of benzene rings is 3. The van der Waals surface area contributed by atoms with Gasteiger partial charge in [-0.15, -0.1) is 0 Å². The summed E-state index contributed by atoms with van der Waals surface area (Å²) in [6.07, 6.45) is 3.03. The van der Waals surface area contributed by atoms with E-state index in [-0.39, 0.29) is 17.9 Å². The molecule has 0 saturated carbocycles. The average molecular weight is 384 g/mol. The number of aromatic nitrogens is 4. The van der Waals surface area contributed by atoms with E-state index in [1.54, 1.807) is 17.0 Å². The first-order chi connectivity index (χ1) is 14.1. The molecule has 0 bridgehead atoms. The van der Waals surface area contributed by atoms with Crippen molar-refractivity contribution in [2.75, 3.05) is 0 Å². The van der Waals surface area contributed by atoms with Crippen molar-refractivity contribution in [2.45, 2.75) is 6.54 Å². The summed E-state index contributed by atoms with van der Waals surface area (Å²) < 4.78 is 18.4. The van der Waals surface area contributed by atoms with Crippen LogP contribution >= 0.6 is 0 Å². The van der Waals surface area contributed by atoms with Gasteiger partial charge in [0.25, 0.3) is 5.56 Å². The minimum Gasteiger partial charge on any atom is -0.334 e. The van der Waals surface area contributed by atoms with Crippen LogP contribution in [0, 0.1) is 5.82 Å². The van der Waals surface area contributed by atoms with Crippen LogP contribution in [0.3, 0.4) is 0 Å². The largest absolute Gasteiger partial charge is 0.334 e. The van der Waals surface area contributed by atoms with Gasteiger partial charge in [-0.05, 0) is 41.5 Å². The van der Waals surface area contributed by atoms with E-state index in [1.165, 1.54) is 12.3 Å². The van der Waals surface area contributed by atoms with Gasteiger partial charge in [0.15, 0.2) is 0 Å². The van der Waals surface area contributed by atoms with E-state index in [9.17, 15) is 9.18 Å². The third kappa shape index (κ3) is 2.99. The van der Waals surface area contributed by atoms with Crippen molar-refractivity contribution >= 4 is 22.1 Å². The highest BCUT2D eigenvalue weighted by atomic mass is 19.1. The van der Waals surface area contributed by atoms with Crippen LogP contribution in [-0.4, -0.2) is 19.1 Å². The SMILES string of the molecule is Cn1cnc2ccc(-c3ccc(Cn4c(=O)cnc5ccccc54)c(F)c3)cc21. The molecule has 29 heavy (non-hydrogen) atoms. The average Bonchev–Trinajstić information content (AvgIpc) is 3.11. The van der Waals surface area contributed by atoms with Gasteiger partial charge in [0.2, 0.25) is 0 Å². The van der Waals surface area contributed by atoms with E-state index in [2.05, 4.69) is 9.97 Å². The van der Waals surface area contributed by atoms with Gasteiger partial charge in [-0.2, -0.15) is 0 Å². The molecule has 2 heterocycles. The standard InChI is InChI=1S/C23H17FN4O/c1-27-14-26-20-9-8-16(11-22(20)27)15-6-7-17(18(24)10-15)13-28-21-5-3-2-4-19(21)25-12-23(28)29/h2-12,14H,13H2,1H3. The smallest absolute Gasteiger partial charge is 0.269 e. The van der Waals surface area contributed by atoms with Gasteiger partial charge >= 0.3 is 0 Å².